The molecule has 0 spiro atoms. The number of ether oxygens (including phenoxy) is 3. The molecule has 8 nitrogen and oxygen atoms in total. The number of carbonyl (C=O) groups is 1. The number of hydrogen-bond donors (Lipinski definition) is 1. The third-order valence-corrected chi connectivity index (χ3v) is 5.90. The Kier molecular flexibility index (Phi) is 7.55. The summed E-state index contributed by atoms with van der Waals surface area (Å²) in [5.74, 6) is 0.907. The maximum absolute atomic E-state index is 13.0. The molecule has 9 heteroatoms. The summed E-state index contributed by atoms with van der Waals surface area (Å²) in [5, 5.41) is 2.86. The minimum Gasteiger partial charge on any atom is -0.497 e. The van der Waals surface area contributed by atoms with Crippen LogP contribution in [-0.2, 0) is 14.8 Å². The van der Waals surface area contributed by atoms with Crippen molar-refractivity contribution in [2.75, 3.05) is 31.9 Å². The Labute approximate surface area is 177 Å². The number of nitrogens with one attached hydrogen (secondary N) is 1. The normalized spacial score (nSPS) is 13.1. The molecule has 0 unspecified atom stereocenters. The SMILES string of the molecule is COc1ccc(OC)c(N([C@H](C)C(=O)N[C@@H](C)c2ccccc2OC)S(C)(=O)=O)c1. The van der Waals surface area contributed by atoms with Gasteiger partial charge in [0, 0.05) is 11.6 Å². The second-order valence-electron chi connectivity index (χ2n) is 6.74. The van der Waals surface area contributed by atoms with Gasteiger partial charge in [0.2, 0.25) is 15.9 Å². The molecule has 0 aliphatic rings. The Hall–Kier alpha value is -2.94. The zero-order valence-electron chi connectivity index (χ0n) is 18.0. The molecule has 2 aromatic carbocycles. The molecule has 0 fully saturated rings. The van der Waals surface area contributed by atoms with Crippen LogP contribution < -0.4 is 23.8 Å². The molecule has 2 aromatic rings. The van der Waals surface area contributed by atoms with Gasteiger partial charge in [0.1, 0.15) is 23.3 Å². The molecule has 0 aliphatic carbocycles. The topological polar surface area (TPSA) is 94.2 Å². The van der Waals surface area contributed by atoms with Crippen LogP contribution in [0.4, 0.5) is 5.69 Å². The minimum atomic E-state index is -3.82. The fraction of sp³-hybridized carbons (Fsp3) is 0.381. The van der Waals surface area contributed by atoms with Crippen LogP contribution >= 0.6 is 0 Å². The number of benzene rings is 2. The first-order valence-electron chi connectivity index (χ1n) is 9.28. The van der Waals surface area contributed by atoms with Crippen LogP contribution in [0.3, 0.4) is 0 Å². The molecular formula is C21H28N2O6S. The van der Waals surface area contributed by atoms with Crippen molar-refractivity contribution >= 4 is 21.6 Å². The van der Waals surface area contributed by atoms with Gasteiger partial charge in [-0.05, 0) is 32.0 Å². The minimum absolute atomic E-state index is 0.215. The van der Waals surface area contributed by atoms with Crippen molar-refractivity contribution in [3.05, 3.63) is 48.0 Å². The molecule has 0 aromatic heterocycles. The second kappa shape index (κ2) is 9.71. The van der Waals surface area contributed by atoms with E-state index in [2.05, 4.69) is 5.32 Å². The third kappa shape index (κ3) is 5.15. The van der Waals surface area contributed by atoms with E-state index in [1.165, 1.54) is 27.2 Å². The van der Waals surface area contributed by atoms with Crippen LogP contribution in [-0.4, -0.2) is 48.0 Å². The van der Waals surface area contributed by atoms with Gasteiger partial charge >= 0.3 is 0 Å². The summed E-state index contributed by atoms with van der Waals surface area (Å²) < 4.78 is 42.2. The third-order valence-electron chi connectivity index (χ3n) is 4.68. The summed E-state index contributed by atoms with van der Waals surface area (Å²) in [7, 11) is 0.636. The highest BCUT2D eigenvalue weighted by Gasteiger charge is 2.32. The summed E-state index contributed by atoms with van der Waals surface area (Å²) >= 11 is 0. The van der Waals surface area contributed by atoms with Gasteiger partial charge in [0.25, 0.3) is 0 Å². The van der Waals surface area contributed by atoms with Gasteiger partial charge in [-0.15, -0.1) is 0 Å². The zero-order chi connectivity index (χ0) is 22.5. The molecule has 164 valence electrons. The zero-order valence-corrected chi connectivity index (χ0v) is 18.8. The van der Waals surface area contributed by atoms with Crippen LogP contribution in [0.2, 0.25) is 0 Å². The molecule has 30 heavy (non-hydrogen) atoms. The summed E-state index contributed by atoms with van der Waals surface area (Å²) in [6, 6.07) is 10.6. The molecule has 0 saturated carbocycles. The Morgan fingerprint density at radius 1 is 0.967 bits per heavy atom. The fourth-order valence-corrected chi connectivity index (χ4v) is 4.36. The smallest absolute Gasteiger partial charge is 0.244 e. The van der Waals surface area contributed by atoms with Gasteiger partial charge in [-0.2, -0.15) is 0 Å². The van der Waals surface area contributed by atoms with Crippen LogP contribution in [0, 0.1) is 0 Å². The lowest BCUT2D eigenvalue weighted by atomic mass is 10.1. The fourth-order valence-electron chi connectivity index (χ4n) is 3.19. The summed E-state index contributed by atoms with van der Waals surface area (Å²) in [4.78, 5) is 13.0. The maximum Gasteiger partial charge on any atom is 0.244 e. The average molecular weight is 437 g/mol. The number of sulfonamides is 1. The maximum atomic E-state index is 13.0. The van der Waals surface area contributed by atoms with E-state index in [1.807, 2.05) is 18.2 Å². The Morgan fingerprint density at radius 3 is 2.17 bits per heavy atom. The van der Waals surface area contributed by atoms with Gasteiger partial charge in [-0.1, -0.05) is 18.2 Å². The van der Waals surface area contributed by atoms with Gasteiger partial charge in [-0.25, -0.2) is 8.42 Å². The highest BCUT2D eigenvalue weighted by molar-refractivity contribution is 7.92. The van der Waals surface area contributed by atoms with E-state index in [0.717, 1.165) is 16.1 Å². The van der Waals surface area contributed by atoms with Gasteiger partial charge in [-0.3, -0.25) is 9.10 Å². The molecule has 0 heterocycles. The Bertz CT molecular complexity index is 993. The summed E-state index contributed by atoms with van der Waals surface area (Å²) in [6.07, 6.45) is 1.04. The monoisotopic (exact) mass is 436 g/mol. The average Bonchev–Trinajstić information content (AvgIpc) is 2.72. The lowest BCUT2D eigenvalue weighted by Crippen LogP contribution is -2.48. The van der Waals surface area contributed by atoms with E-state index < -0.39 is 28.0 Å². The molecule has 1 N–H and O–H groups in total. The predicted octanol–water partition coefficient (Wildman–Crippen LogP) is 2.74. The Morgan fingerprint density at radius 2 is 1.60 bits per heavy atom. The van der Waals surface area contributed by atoms with Crippen LogP contribution in [0.5, 0.6) is 17.2 Å². The first-order valence-corrected chi connectivity index (χ1v) is 11.1. The number of rotatable bonds is 9. The number of para-hydroxylation sites is 1. The molecular weight excluding hydrogens is 408 g/mol. The van der Waals surface area contributed by atoms with Crippen molar-refractivity contribution in [3.63, 3.8) is 0 Å². The molecule has 0 radical (unpaired) electrons. The van der Waals surface area contributed by atoms with E-state index in [1.54, 1.807) is 32.2 Å². The van der Waals surface area contributed by atoms with Gasteiger partial charge < -0.3 is 19.5 Å². The van der Waals surface area contributed by atoms with Crippen LogP contribution in [0.15, 0.2) is 42.5 Å². The summed E-state index contributed by atoms with van der Waals surface area (Å²) in [5.41, 5.74) is 0.998. The Balaban J connectivity index is 2.39. The number of nitrogens with zero attached hydrogens (tertiary/aromatic N) is 1. The number of anilines is 1. The van der Waals surface area contributed by atoms with Gasteiger partial charge in [0.05, 0.1) is 39.3 Å². The van der Waals surface area contributed by atoms with Crippen molar-refractivity contribution in [1.82, 2.24) is 5.32 Å². The number of hydrogen-bond acceptors (Lipinski definition) is 6. The first-order chi connectivity index (χ1) is 14.1. The quantitative estimate of drug-likeness (QED) is 0.650. The lowest BCUT2D eigenvalue weighted by molar-refractivity contribution is -0.122. The van der Waals surface area contributed by atoms with Gasteiger partial charge in [0.15, 0.2) is 0 Å². The molecule has 0 saturated heterocycles. The molecule has 0 aliphatic heterocycles. The first kappa shape index (κ1) is 23.3. The van der Waals surface area contributed by atoms with Crippen LogP contribution in [0.1, 0.15) is 25.5 Å². The largest absolute Gasteiger partial charge is 0.497 e. The van der Waals surface area contributed by atoms with E-state index >= 15 is 0 Å². The van der Waals surface area contributed by atoms with E-state index in [4.69, 9.17) is 14.2 Å². The predicted molar refractivity (Wildman–Crippen MR) is 116 cm³/mol. The van der Waals surface area contributed by atoms with Crippen molar-refractivity contribution in [2.24, 2.45) is 0 Å². The molecule has 2 atom stereocenters. The summed E-state index contributed by atoms with van der Waals surface area (Å²) in [6.45, 7) is 3.32. The highest BCUT2D eigenvalue weighted by atomic mass is 32.2. The number of carbonyl (C=O) groups excluding carboxylic acids is 1. The molecule has 2 rings (SSSR count). The van der Waals surface area contributed by atoms with E-state index in [-0.39, 0.29) is 5.69 Å². The highest BCUT2D eigenvalue weighted by Crippen LogP contribution is 2.35. The van der Waals surface area contributed by atoms with Crippen molar-refractivity contribution in [2.45, 2.75) is 25.9 Å². The number of amides is 1. The van der Waals surface area contributed by atoms with E-state index in [0.29, 0.717) is 17.2 Å². The second-order valence-corrected chi connectivity index (χ2v) is 8.60. The van der Waals surface area contributed by atoms with Crippen molar-refractivity contribution in [1.29, 1.82) is 0 Å². The van der Waals surface area contributed by atoms with Crippen LogP contribution in [0.25, 0.3) is 0 Å². The standard InChI is InChI=1S/C21H28N2O6S/c1-14(17-9-7-8-10-19(17)28-4)22-21(24)15(2)23(30(6,25)26)18-13-16(27-3)11-12-20(18)29-5/h7-15H,1-6H3,(H,22,24)/t14-,15+/m0/s1. The lowest BCUT2D eigenvalue weighted by Gasteiger charge is -2.30. The van der Waals surface area contributed by atoms with E-state index in [9.17, 15) is 13.2 Å². The molecule has 1 amide bonds. The number of methoxy groups -OCH3 is 3. The van der Waals surface area contributed by atoms with Crippen molar-refractivity contribution in [3.8, 4) is 17.2 Å². The van der Waals surface area contributed by atoms with Crippen molar-refractivity contribution < 1.29 is 27.4 Å². The molecule has 0 bridgehead atoms.